The molecule has 1 nitrogen and oxygen atoms in total. The van der Waals surface area contributed by atoms with E-state index in [2.05, 4.69) is 25.7 Å². The molecular formula is C15H23ClFN. The second-order valence-corrected chi connectivity index (χ2v) is 4.98. The van der Waals surface area contributed by atoms with Crippen LogP contribution < -0.4 is 4.90 Å². The molecule has 0 N–H and O–H groups in total. The summed E-state index contributed by atoms with van der Waals surface area (Å²) in [6.45, 7) is 7.56. The fourth-order valence-corrected chi connectivity index (χ4v) is 2.28. The SMILES string of the molecule is CCCCN(c1ccc(F)cc1CCl)C(C)CC. The number of anilines is 1. The van der Waals surface area contributed by atoms with Crippen molar-refractivity contribution in [1.29, 1.82) is 0 Å². The molecule has 0 aliphatic carbocycles. The van der Waals surface area contributed by atoms with E-state index in [4.69, 9.17) is 11.6 Å². The molecule has 0 aliphatic rings. The zero-order valence-corrected chi connectivity index (χ0v) is 12.3. The molecule has 1 rings (SSSR count). The van der Waals surface area contributed by atoms with Crippen LogP contribution in [-0.2, 0) is 5.88 Å². The summed E-state index contributed by atoms with van der Waals surface area (Å²) in [7, 11) is 0. The Morgan fingerprint density at radius 2 is 2.06 bits per heavy atom. The Balaban J connectivity index is 3.03. The third-order valence-corrected chi connectivity index (χ3v) is 3.66. The van der Waals surface area contributed by atoms with E-state index < -0.39 is 0 Å². The van der Waals surface area contributed by atoms with Crippen LogP contribution in [0.4, 0.5) is 10.1 Å². The summed E-state index contributed by atoms with van der Waals surface area (Å²) in [5.74, 6) is 0.139. The second kappa shape index (κ2) is 7.63. The topological polar surface area (TPSA) is 3.24 Å². The summed E-state index contributed by atoms with van der Waals surface area (Å²) in [6.07, 6.45) is 3.37. The van der Waals surface area contributed by atoms with E-state index in [0.29, 0.717) is 11.9 Å². The number of hydrogen-bond donors (Lipinski definition) is 0. The molecule has 0 bridgehead atoms. The number of benzene rings is 1. The van der Waals surface area contributed by atoms with Crippen molar-refractivity contribution in [2.45, 2.75) is 52.0 Å². The first-order valence-electron chi connectivity index (χ1n) is 6.75. The second-order valence-electron chi connectivity index (χ2n) is 4.71. The zero-order chi connectivity index (χ0) is 13.5. The highest BCUT2D eigenvalue weighted by Gasteiger charge is 2.16. The molecule has 0 saturated carbocycles. The molecule has 1 aromatic rings. The van der Waals surface area contributed by atoms with Gasteiger partial charge in [0.05, 0.1) is 0 Å². The smallest absolute Gasteiger partial charge is 0.123 e. The number of hydrogen-bond acceptors (Lipinski definition) is 1. The van der Waals surface area contributed by atoms with E-state index in [9.17, 15) is 4.39 Å². The highest BCUT2D eigenvalue weighted by molar-refractivity contribution is 6.17. The van der Waals surface area contributed by atoms with Gasteiger partial charge in [-0.25, -0.2) is 4.39 Å². The Morgan fingerprint density at radius 3 is 2.61 bits per heavy atom. The van der Waals surface area contributed by atoms with Crippen LogP contribution in [0.25, 0.3) is 0 Å². The van der Waals surface area contributed by atoms with Crippen molar-refractivity contribution in [2.24, 2.45) is 0 Å². The predicted octanol–water partition coefficient (Wildman–Crippen LogP) is 4.97. The maximum atomic E-state index is 13.3. The molecule has 1 atom stereocenters. The Morgan fingerprint density at radius 1 is 1.33 bits per heavy atom. The van der Waals surface area contributed by atoms with Crippen LogP contribution in [0.5, 0.6) is 0 Å². The van der Waals surface area contributed by atoms with Gasteiger partial charge in [-0.1, -0.05) is 20.3 Å². The molecule has 18 heavy (non-hydrogen) atoms. The highest BCUT2D eigenvalue weighted by atomic mass is 35.5. The van der Waals surface area contributed by atoms with E-state index in [1.807, 2.05) is 6.07 Å². The number of unbranched alkanes of at least 4 members (excludes halogenated alkanes) is 1. The number of rotatable bonds is 7. The van der Waals surface area contributed by atoms with E-state index in [0.717, 1.165) is 37.1 Å². The summed E-state index contributed by atoms with van der Waals surface area (Å²) in [5, 5.41) is 0. The van der Waals surface area contributed by atoms with Crippen molar-refractivity contribution in [3.63, 3.8) is 0 Å². The molecule has 1 unspecified atom stereocenters. The summed E-state index contributed by atoms with van der Waals surface area (Å²) in [4.78, 5) is 2.35. The fraction of sp³-hybridized carbons (Fsp3) is 0.600. The summed E-state index contributed by atoms with van der Waals surface area (Å²) in [5.41, 5.74) is 1.96. The van der Waals surface area contributed by atoms with Crippen LogP contribution in [-0.4, -0.2) is 12.6 Å². The van der Waals surface area contributed by atoms with E-state index in [1.165, 1.54) is 6.07 Å². The van der Waals surface area contributed by atoms with Crippen LogP contribution >= 0.6 is 11.6 Å². The minimum Gasteiger partial charge on any atom is -0.369 e. The van der Waals surface area contributed by atoms with Crippen LogP contribution in [0.3, 0.4) is 0 Å². The average Bonchev–Trinajstić information content (AvgIpc) is 2.39. The minimum absolute atomic E-state index is 0.214. The molecule has 0 aliphatic heterocycles. The Labute approximate surface area is 115 Å². The predicted molar refractivity (Wildman–Crippen MR) is 78.0 cm³/mol. The molecule has 0 spiro atoms. The summed E-state index contributed by atoms with van der Waals surface area (Å²) < 4.78 is 13.3. The van der Waals surface area contributed by atoms with Crippen molar-refractivity contribution in [3.05, 3.63) is 29.6 Å². The molecule has 102 valence electrons. The van der Waals surface area contributed by atoms with Gasteiger partial charge in [0.15, 0.2) is 0 Å². The van der Waals surface area contributed by atoms with Crippen LogP contribution in [0.2, 0.25) is 0 Å². The molecule has 0 saturated heterocycles. The number of halogens is 2. The van der Waals surface area contributed by atoms with Gasteiger partial charge in [-0.15, -0.1) is 11.6 Å². The largest absolute Gasteiger partial charge is 0.369 e. The van der Waals surface area contributed by atoms with E-state index in [1.54, 1.807) is 6.07 Å². The molecular weight excluding hydrogens is 249 g/mol. The Kier molecular flexibility index (Phi) is 6.48. The van der Waals surface area contributed by atoms with Crippen molar-refractivity contribution in [1.82, 2.24) is 0 Å². The zero-order valence-electron chi connectivity index (χ0n) is 11.5. The third kappa shape index (κ3) is 3.88. The van der Waals surface area contributed by atoms with E-state index in [-0.39, 0.29) is 5.82 Å². The molecule has 0 fully saturated rings. The van der Waals surface area contributed by atoms with Crippen molar-refractivity contribution in [2.75, 3.05) is 11.4 Å². The molecule has 1 aromatic carbocycles. The lowest BCUT2D eigenvalue weighted by atomic mass is 10.1. The van der Waals surface area contributed by atoms with Gasteiger partial charge in [-0.2, -0.15) is 0 Å². The van der Waals surface area contributed by atoms with Gasteiger partial charge in [0.25, 0.3) is 0 Å². The van der Waals surface area contributed by atoms with E-state index >= 15 is 0 Å². The lowest BCUT2D eigenvalue weighted by Gasteiger charge is -2.32. The maximum absolute atomic E-state index is 13.3. The van der Waals surface area contributed by atoms with Crippen LogP contribution in [0, 0.1) is 5.82 Å². The Hall–Kier alpha value is -0.760. The standard InChI is InChI=1S/C15H23ClFN/c1-4-6-9-18(12(3)5-2)15-8-7-14(17)10-13(15)11-16/h7-8,10,12H,4-6,9,11H2,1-3H3. The first-order valence-corrected chi connectivity index (χ1v) is 7.28. The van der Waals surface area contributed by atoms with Crippen molar-refractivity contribution < 1.29 is 4.39 Å². The first-order chi connectivity index (χ1) is 8.63. The first kappa shape index (κ1) is 15.3. The fourth-order valence-electron chi connectivity index (χ4n) is 2.07. The normalized spacial score (nSPS) is 12.5. The van der Waals surface area contributed by atoms with Gasteiger partial charge in [0.1, 0.15) is 5.82 Å². The van der Waals surface area contributed by atoms with Gasteiger partial charge < -0.3 is 4.90 Å². The third-order valence-electron chi connectivity index (χ3n) is 3.37. The van der Waals surface area contributed by atoms with Gasteiger partial charge in [-0.3, -0.25) is 0 Å². The summed E-state index contributed by atoms with van der Waals surface area (Å²) >= 11 is 5.94. The number of nitrogens with zero attached hydrogens (tertiary/aromatic N) is 1. The van der Waals surface area contributed by atoms with Crippen molar-refractivity contribution in [3.8, 4) is 0 Å². The minimum atomic E-state index is -0.214. The average molecular weight is 272 g/mol. The highest BCUT2D eigenvalue weighted by Crippen LogP contribution is 2.26. The molecule has 0 aromatic heterocycles. The summed E-state index contributed by atoms with van der Waals surface area (Å²) in [6, 6.07) is 5.37. The van der Waals surface area contributed by atoms with Gasteiger partial charge in [-0.05, 0) is 43.5 Å². The van der Waals surface area contributed by atoms with Crippen molar-refractivity contribution >= 4 is 17.3 Å². The molecule has 0 radical (unpaired) electrons. The van der Waals surface area contributed by atoms with Crippen LogP contribution in [0.15, 0.2) is 18.2 Å². The quantitative estimate of drug-likeness (QED) is 0.633. The van der Waals surface area contributed by atoms with Gasteiger partial charge in [0.2, 0.25) is 0 Å². The lowest BCUT2D eigenvalue weighted by molar-refractivity contribution is 0.591. The molecule has 3 heteroatoms. The molecule has 0 heterocycles. The lowest BCUT2D eigenvalue weighted by Crippen LogP contribution is -2.34. The van der Waals surface area contributed by atoms with Crippen LogP contribution in [0.1, 0.15) is 45.6 Å². The Bertz CT molecular complexity index is 368. The molecule has 0 amide bonds. The van der Waals surface area contributed by atoms with Gasteiger partial charge in [0, 0.05) is 24.2 Å². The number of alkyl halides is 1. The monoisotopic (exact) mass is 271 g/mol. The maximum Gasteiger partial charge on any atom is 0.123 e. The van der Waals surface area contributed by atoms with Gasteiger partial charge >= 0.3 is 0 Å².